The van der Waals surface area contributed by atoms with E-state index >= 15 is 0 Å². The van der Waals surface area contributed by atoms with E-state index in [0.717, 1.165) is 6.54 Å². The molecule has 0 fully saturated rings. The fourth-order valence-electron chi connectivity index (χ4n) is 1.29. The molecule has 0 radical (unpaired) electrons. The zero-order chi connectivity index (χ0) is 9.36. The summed E-state index contributed by atoms with van der Waals surface area (Å²) in [6.07, 6.45) is 5.17. The molecule has 1 aromatic rings. The molecule has 1 nitrogen and oxygen atoms in total. The molecule has 0 saturated heterocycles. The van der Waals surface area contributed by atoms with Crippen molar-refractivity contribution in [2.45, 2.75) is 32.6 Å². The van der Waals surface area contributed by atoms with Crippen LogP contribution in [0.4, 0.5) is 0 Å². The minimum Gasteiger partial charge on any atom is -0.316 e. The molecule has 1 rings (SSSR count). The van der Waals surface area contributed by atoms with Gasteiger partial charge in [0.2, 0.25) is 0 Å². The molecule has 0 amide bonds. The van der Waals surface area contributed by atoms with Crippen LogP contribution >= 0.6 is 11.3 Å². The first-order chi connectivity index (χ1) is 6.43. The fraction of sp³-hybridized carbons (Fsp3) is 0.636. The maximum Gasteiger partial charge on any atom is 0.00578 e. The zero-order valence-electron chi connectivity index (χ0n) is 8.38. The van der Waals surface area contributed by atoms with Crippen LogP contribution in [0.15, 0.2) is 17.5 Å². The van der Waals surface area contributed by atoms with E-state index < -0.39 is 0 Å². The van der Waals surface area contributed by atoms with E-state index in [4.69, 9.17) is 0 Å². The van der Waals surface area contributed by atoms with Gasteiger partial charge >= 0.3 is 0 Å². The fourth-order valence-corrected chi connectivity index (χ4v) is 2.00. The van der Waals surface area contributed by atoms with Crippen molar-refractivity contribution in [3.8, 4) is 0 Å². The molecule has 0 aliphatic rings. The Balaban J connectivity index is 1.90. The number of thiophene rings is 1. The summed E-state index contributed by atoms with van der Waals surface area (Å²) in [5.74, 6) is 0. The van der Waals surface area contributed by atoms with Crippen LogP contribution in [0.3, 0.4) is 0 Å². The van der Waals surface area contributed by atoms with E-state index in [9.17, 15) is 0 Å². The first-order valence-corrected chi connectivity index (χ1v) is 6.04. The third-order valence-electron chi connectivity index (χ3n) is 2.09. The maximum atomic E-state index is 3.47. The molecular formula is C11H19NS. The van der Waals surface area contributed by atoms with Crippen molar-refractivity contribution in [1.82, 2.24) is 5.32 Å². The van der Waals surface area contributed by atoms with Gasteiger partial charge < -0.3 is 5.32 Å². The van der Waals surface area contributed by atoms with Gasteiger partial charge in [0.25, 0.3) is 0 Å². The monoisotopic (exact) mass is 197 g/mol. The van der Waals surface area contributed by atoms with Crippen molar-refractivity contribution in [1.29, 1.82) is 0 Å². The average Bonchev–Trinajstić information content (AvgIpc) is 2.63. The van der Waals surface area contributed by atoms with Gasteiger partial charge in [0, 0.05) is 4.88 Å². The quantitative estimate of drug-likeness (QED) is 0.662. The van der Waals surface area contributed by atoms with Crippen molar-refractivity contribution in [3.05, 3.63) is 22.4 Å². The summed E-state index contributed by atoms with van der Waals surface area (Å²) in [5.41, 5.74) is 0. The second-order valence-electron chi connectivity index (χ2n) is 3.29. The van der Waals surface area contributed by atoms with Crippen molar-refractivity contribution in [3.63, 3.8) is 0 Å². The molecule has 1 N–H and O–H groups in total. The molecule has 74 valence electrons. The molecule has 0 aliphatic carbocycles. The van der Waals surface area contributed by atoms with Crippen LogP contribution in [-0.2, 0) is 6.42 Å². The predicted molar refractivity (Wildman–Crippen MR) is 60.4 cm³/mol. The van der Waals surface area contributed by atoms with Crippen molar-refractivity contribution in [2.75, 3.05) is 13.1 Å². The Kier molecular flexibility index (Phi) is 5.87. The number of rotatable bonds is 7. The van der Waals surface area contributed by atoms with Crippen LogP contribution in [-0.4, -0.2) is 13.1 Å². The lowest BCUT2D eigenvalue weighted by Crippen LogP contribution is -2.17. The highest BCUT2D eigenvalue weighted by Crippen LogP contribution is 2.07. The van der Waals surface area contributed by atoms with E-state index in [1.54, 1.807) is 0 Å². The second-order valence-corrected chi connectivity index (χ2v) is 4.32. The van der Waals surface area contributed by atoms with Gasteiger partial charge in [0.05, 0.1) is 0 Å². The Bertz CT molecular complexity index is 194. The van der Waals surface area contributed by atoms with Crippen molar-refractivity contribution in [2.24, 2.45) is 0 Å². The molecule has 13 heavy (non-hydrogen) atoms. The SMILES string of the molecule is CCCCCNCCc1cccs1. The Morgan fingerprint density at radius 3 is 2.92 bits per heavy atom. The first-order valence-electron chi connectivity index (χ1n) is 5.16. The Morgan fingerprint density at radius 2 is 2.23 bits per heavy atom. The third-order valence-corrected chi connectivity index (χ3v) is 3.02. The molecule has 0 aliphatic heterocycles. The number of unbranched alkanes of at least 4 members (excludes halogenated alkanes) is 2. The molecular weight excluding hydrogens is 178 g/mol. The van der Waals surface area contributed by atoms with Gasteiger partial charge in [-0.15, -0.1) is 11.3 Å². The van der Waals surface area contributed by atoms with Crippen LogP contribution in [0.1, 0.15) is 31.1 Å². The van der Waals surface area contributed by atoms with Crippen LogP contribution in [0.5, 0.6) is 0 Å². The second kappa shape index (κ2) is 7.10. The minimum atomic E-state index is 1.13. The molecule has 0 spiro atoms. The van der Waals surface area contributed by atoms with Gasteiger partial charge in [-0.05, 0) is 37.4 Å². The molecule has 2 heteroatoms. The van der Waals surface area contributed by atoms with Crippen molar-refractivity contribution >= 4 is 11.3 Å². The van der Waals surface area contributed by atoms with Gasteiger partial charge in [-0.25, -0.2) is 0 Å². The van der Waals surface area contributed by atoms with E-state index in [1.807, 2.05) is 11.3 Å². The van der Waals surface area contributed by atoms with Crippen LogP contribution < -0.4 is 5.32 Å². The lowest BCUT2D eigenvalue weighted by Gasteiger charge is -2.02. The summed E-state index contributed by atoms with van der Waals surface area (Å²) in [7, 11) is 0. The summed E-state index contributed by atoms with van der Waals surface area (Å²) >= 11 is 1.85. The average molecular weight is 197 g/mol. The van der Waals surface area contributed by atoms with Gasteiger partial charge in [0.1, 0.15) is 0 Å². The largest absolute Gasteiger partial charge is 0.316 e. The van der Waals surface area contributed by atoms with E-state index in [0.29, 0.717) is 0 Å². The predicted octanol–water partition coefficient (Wildman–Crippen LogP) is 3.07. The van der Waals surface area contributed by atoms with Gasteiger partial charge in [-0.1, -0.05) is 25.8 Å². The summed E-state index contributed by atoms with van der Waals surface area (Å²) in [4.78, 5) is 1.49. The van der Waals surface area contributed by atoms with E-state index in [2.05, 4.69) is 29.8 Å². The van der Waals surface area contributed by atoms with Gasteiger partial charge in [0.15, 0.2) is 0 Å². The molecule has 0 atom stereocenters. The first kappa shape index (κ1) is 10.7. The molecule has 0 aromatic carbocycles. The summed E-state index contributed by atoms with van der Waals surface area (Å²) in [6, 6.07) is 4.33. The zero-order valence-corrected chi connectivity index (χ0v) is 9.20. The lowest BCUT2D eigenvalue weighted by atomic mass is 10.2. The molecule has 0 saturated carbocycles. The summed E-state index contributed by atoms with van der Waals surface area (Å²) in [5, 5.41) is 5.61. The molecule has 0 unspecified atom stereocenters. The Labute approximate surface area is 85.2 Å². The molecule has 1 heterocycles. The highest BCUT2D eigenvalue weighted by Gasteiger charge is 1.92. The third kappa shape index (κ3) is 5.06. The van der Waals surface area contributed by atoms with Crippen LogP contribution in [0.25, 0.3) is 0 Å². The number of nitrogens with one attached hydrogen (secondary N) is 1. The normalized spacial score (nSPS) is 10.5. The summed E-state index contributed by atoms with van der Waals surface area (Å²) in [6.45, 7) is 4.55. The molecule has 0 bridgehead atoms. The number of hydrogen-bond donors (Lipinski definition) is 1. The Hall–Kier alpha value is -0.340. The van der Waals surface area contributed by atoms with Gasteiger partial charge in [-0.3, -0.25) is 0 Å². The summed E-state index contributed by atoms with van der Waals surface area (Å²) < 4.78 is 0. The Morgan fingerprint density at radius 1 is 1.31 bits per heavy atom. The van der Waals surface area contributed by atoms with Gasteiger partial charge in [-0.2, -0.15) is 0 Å². The van der Waals surface area contributed by atoms with Crippen LogP contribution in [0, 0.1) is 0 Å². The number of hydrogen-bond acceptors (Lipinski definition) is 2. The van der Waals surface area contributed by atoms with E-state index in [1.165, 1.54) is 37.1 Å². The smallest absolute Gasteiger partial charge is 0.00578 e. The lowest BCUT2D eigenvalue weighted by molar-refractivity contribution is 0.618. The van der Waals surface area contributed by atoms with E-state index in [-0.39, 0.29) is 0 Å². The minimum absolute atomic E-state index is 1.13. The highest BCUT2D eigenvalue weighted by molar-refractivity contribution is 7.09. The van der Waals surface area contributed by atoms with Crippen molar-refractivity contribution < 1.29 is 0 Å². The molecule has 1 aromatic heterocycles. The van der Waals surface area contributed by atoms with Crippen LogP contribution in [0.2, 0.25) is 0 Å². The standard InChI is InChI=1S/C11H19NS/c1-2-3-4-8-12-9-7-11-6-5-10-13-11/h5-6,10,12H,2-4,7-9H2,1H3. The topological polar surface area (TPSA) is 12.0 Å². The maximum absolute atomic E-state index is 3.47. The highest BCUT2D eigenvalue weighted by atomic mass is 32.1.